The fourth-order valence-corrected chi connectivity index (χ4v) is 3.82. The zero-order chi connectivity index (χ0) is 25.2. The Kier molecular flexibility index (Phi) is 5.79. The molecule has 0 aliphatic carbocycles. The third kappa shape index (κ3) is 4.32. The molecule has 0 atom stereocenters. The van der Waals surface area contributed by atoms with Crippen LogP contribution in [-0.4, -0.2) is 34.7 Å². The summed E-state index contributed by atoms with van der Waals surface area (Å²) < 4.78 is 17.7. The Morgan fingerprint density at radius 2 is 1.94 bits per heavy atom. The van der Waals surface area contributed by atoms with Crippen molar-refractivity contribution in [3.05, 3.63) is 99.8 Å². The first-order valence-electron chi connectivity index (χ1n) is 10.7. The molecule has 0 saturated heterocycles. The van der Waals surface area contributed by atoms with Crippen LogP contribution in [0.25, 0.3) is 21.9 Å². The van der Waals surface area contributed by atoms with Crippen LogP contribution in [0.4, 0.5) is 5.69 Å². The molecule has 3 aromatic heterocycles. The van der Waals surface area contributed by atoms with Crippen molar-refractivity contribution in [2.45, 2.75) is 6.54 Å². The van der Waals surface area contributed by atoms with Crippen LogP contribution >= 0.6 is 0 Å². The number of fused-ring (bicyclic) bond motifs is 2. The number of carbonyl (C=O) groups excluding carboxylic acids is 2. The molecule has 0 spiro atoms. The van der Waals surface area contributed by atoms with E-state index in [1.807, 2.05) is 35.0 Å². The smallest absolute Gasteiger partial charge is 0.373 e. The molecule has 36 heavy (non-hydrogen) atoms. The Bertz CT molecular complexity index is 1660. The molecular formula is C25H18N4O7. The fourth-order valence-electron chi connectivity index (χ4n) is 3.82. The second-order valence-electron chi connectivity index (χ2n) is 7.78. The van der Waals surface area contributed by atoms with Gasteiger partial charge in [-0.2, -0.15) is 5.10 Å². The summed E-state index contributed by atoms with van der Waals surface area (Å²) in [6.07, 6.45) is 3.35. The molecule has 1 N–H and O–H groups in total. The molecular weight excluding hydrogens is 468 g/mol. The SMILES string of the molecule is COC(=O)c1ccc(Cn2cc(/C=N\NC(=O)c3cc4cc([N+](=O)[O-])ccc4o3)c3ccccc32)o1. The molecule has 180 valence electrons. The Labute approximate surface area is 202 Å². The number of non-ortho nitro benzene ring substituents is 1. The number of ether oxygens (including phenoxy) is 1. The molecule has 0 aliphatic rings. The number of hydrazone groups is 1. The number of furan rings is 2. The Hall–Kier alpha value is -5.19. The van der Waals surface area contributed by atoms with Gasteiger partial charge in [0.2, 0.25) is 5.76 Å². The van der Waals surface area contributed by atoms with Crippen molar-refractivity contribution < 1.29 is 28.1 Å². The second kappa shape index (κ2) is 9.22. The largest absolute Gasteiger partial charge is 0.463 e. The van der Waals surface area contributed by atoms with E-state index in [1.54, 1.807) is 12.1 Å². The number of amides is 1. The van der Waals surface area contributed by atoms with Crippen LogP contribution < -0.4 is 5.43 Å². The lowest BCUT2D eigenvalue weighted by Gasteiger charge is -2.02. The van der Waals surface area contributed by atoms with E-state index in [4.69, 9.17) is 8.83 Å². The van der Waals surface area contributed by atoms with Gasteiger partial charge in [-0.05, 0) is 30.3 Å². The first kappa shape index (κ1) is 22.6. The summed E-state index contributed by atoms with van der Waals surface area (Å²) in [5.41, 5.74) is 4.32. The molecule has 0 radical (unpaired) electrons. The molecule has 0 fully saturated rings. The van der Waals surface area contributed by atoms with Crippen molar-refractivity contribution in [1.82, 2.24) is 9.99 Å². The highest BCUT2D eigenvalue weighted by molar-refractivity contribution is 6.01. The minimum Gasteiger partial charge on any atom is -0.463 e. The van der Waals surface area contributed by atoms with Gasteiger partial charge in [-0.3, -0.25) is 14.9 Å². The molecule has 0 aliphatic heterocycles. The van der Waals surface area contributed by atoms with Gasteiger partial charge in [-0.1, -0.05) is 18.2 Å². The van der Waals surface area contributed by atoms with E-state index in [9.17, 15) is 19.7 Å². The maximum Gasteiger partial charge on any atom is 0.373 e. The van der Waals surface area contributed by atoms with Crippen LogP contribution in [0, 0.1) is 10.1 Å². The number of nitrogens with one attached hydrogen (secondary N) is 1. The highest BCUT2D eigenvalue weighted by Gasteiger charge is 2.16. The fraction of sp³-hybridized carbons (Fsp3) is 0.0800. The van der Waals surface area contributed by atoms with Crippen molar-refractivity contribution in [2.24, 2.45) is 5.10 Å². The van der Waals surface area contributed by atoms with Gasteiger partial charge < -0.3 is 18.1 Å². The van der Waals surface area contributed by atoms with Gasteiger partial charge in [-0.15, -0.1) is 0 Å². The van der Waals surface area contributed by atoms with E-state index in [2.05, 4.69) is 15.3 Å². The summed E-state index contributed by atoms with van der Waals surface area (Å²) in [7, 11) is 1.29. The number of nitrogens with zero attached hydrogens (tertiary/aromatic N) is 3. The summed E-state index contributed by atoms with van der Waals surface area (Å²) in [5, 5.41) is 16.3. The standard InChI is InChI=1S/C25H18N4O7/c1-34-25(31)22-9-7-18(35-22)14-28-13-16(19-4-2-3-5-20(19)28)12-26-27-24(30)23-11-15-10-17(29(32)33)6-8-21(15)36-23/h2-13H,14H2,1H3,(H,27,30)/b26-12-. The Morgan fingerprint density at radius 3 is 2.75 bits per heavy atom. The number of benzene rings is 2. The molecule has 1 amide bonds. The van der Waals surface area contributed by atoms with Crippen LogP contribution in [0.2, 0.25) is 0 Å². The molecule has 0 bridgehead atoms. The zero-order valence-electron chi connectivity index (χ0n) is 18.8. The summed E-state index contributed by atoms with van der Waals surface area (Å²) in [5.74, 6) is -0.486. The van der Waals surface area contributed by atoms with Gasteiger partial charge in [0.1, 0.15) is 11.3 Å². The van der Waals surface area contributed by atoms with E-state index in [0.29, 0.717) is 23.3 Å². The number of rotatable bonds is 7. The van der Waals surface area contributed by atoms with Crippen LogP contribution in [0.5, 0.6) is 0 Å². The van der Waals surface area contributed by atoms with Gasteiger partial charge >= 0.3 is 11.9 Å². The predicted octanol–water partition coefficient (Wildman–Crippen LogP) is 4.49. The number of aromatic nitrogens is 1. The van der Waals surface area contributed by atoms with E-state index in [1.165, 1.54) is 37.6 Å². The summed E-state index contributed by atoms with van der Waals surface area (Å²) in [6, 6.07) is 16.4. The first-order valence-corrected chi connectivity index (χ1v) is 10.7. The summed E-state index contributed by atoms with van der Waals surface area (Å²) in [6.45, 7) is 0.364. The van der Waals surface area contributed by atoms with E-state index >= 15 is 0 Å². The average Bonchev–Trinajstić information content (AvgIpc) is 3.61. The number of esters is 1. The van der Waals surface area contributed by atoms with Gasteiger partial charge in [-0.25, -0.2) is 10.2 Å². The van der Waals surface area contributed by atoms with Gasteiger partial charge in [0.25, 0.3) is 5.69 Å². The Morgan fingerprint density at radius 1 is 1.11 bits per heavy atom. The number of hydrogen-bond donors (Lipinski definition) is 1. The maximum absolute atomic E-state index is 12.5. The van der Waals surface area contributed by atoms with Crippen molar-refractivity contribution in [3.63, 3.8) is 0 Å². The van der Waals surface area contributed by atoms with E-state index in [-0.39, 0.29) is 17.2 Å². The molecule has 3 heterocycles. The number of methoxy groups -OCH3 is 1. The monoisotopic (exact) mass is 486 g/mol. The topological polar surface area (TPSA) is 142 Å². The van der Waals surface area contributed by atoms with Gasteiger partial charge in [0, 0.05) is 40.2 Å². The van der Waals surface area contributed by atoms with Crippen LogP contribution in [0.3, 0.4) is 0 Å². The number of carbonyl (C=O) groups is 2. The van der Waals surface area contributed by atoms with Crippen LogP contribution in [0.15, 0.2) is 80.8 Å². The van der Waals surface area contributed by atoms with Crippen molar-refractivity contribution in [2.75, 3.05) is 7.11 Å². The van der Waals surface area contributed by atoms with Gasteiger partial charge in [0.05, 0.1) is 24.8 Å². The van der Waals surface area contributed by atoms with Crippen LogP contribution in [0.1, 0.15) is 32.4 Å². The molecule has 0 unspecified atom stereocenters. The normalized spacial score (nSPS) is 11.4. The van der Waals surface area contributed by atoms with Gasteiger partial charge in [0.15, 0.2) is 5.76 Å². The lowest BCUT2D eigenvalue weighted by molar-refractivity contribution is -0.384. The van der Waals surface area contributed by atoms with Crippen molar-refractivity contribution in [3.8, 4) is 0 Å². The zero-order valence-corrected chi connectivity index (χ0v) is 18.8. The maximum atomic E-state index is 12.5. The molecule has 11 heteroatoms. The average molecular weight is 486 g/mol. The predicted molar refractivity (Wildman–Crippen MR) is 129 cm³/mol. The van der Waals surface area contributed by atoms with Crippen molar-refractivity contribution >= 4 is 45.7 Å². The second-order valence-corrected chi connectivity index (χ2v) is 7.78. The number of nitro groups is 1. The molecule has 0 saturated carbocycles. The molecule has 11 nitrogen and oxygen atoms in total. The molecule has 2 aromatic carbocycles. The molecule has 5 rings (SSSR count). The lowest BCUT2D eigenvalue weighted by atomic mass is 10.2. The van der Waals surface area contributed by atoms with Crippen molar-refractivity contribution in [1.29, 1.82) is 0 Å². The molecule has 5 aromatic rings. The number of hydrogen-bond acceptors (Lipinski definition) is 8. The minimum absolute atomic E-state index is 0.0238. The third-order valence-electron chi connectivity index (χ3n) is 5.50. The lowest BCUT2D eigenvalue weighted by Crippen LogP contribution is -2.16. The number of para-hydroxylation sites is 1. The van der Waals surface area contributed by atoms with Crippen LogP contribution in [-0.2, 0) is 11.3 Å². The highest BCUT2D eigenvalue weighted by Crippen LogP contribution is 2.25. The highest BCUT2D eigenvalue weighted by atomic mass is 16.6. The summed E-state index contributed by atoms with van der Waals surface area (Å²) in [4.78, 5) is 34.6. The Balaban J connectivity index is 1.34. The number of nitro benzene ring substituents is 1. The first-order chi connectivity index (χ1) is 17.4. The summed E-state index contributed by atoms with van der Waals surface area (Å²) >= 11 is 0. The quantitative estimate of drug-likeness (QED) is 0.155. The minimum atomic E-state index is -0.597. The third-order valence-corrected chi connectivity index (χ3v) is 5.50. The van der Waals surface area contributed by atoms with E-state index in [0.717, 1.165) is 16.5 Å². The van der Waals surface area contributed by atoms with E-state index < -0.39 is 16.8 Å².